The topological polar surface area (TPSA) is 78.4 Å². The summed E-state index contributed by atoms with van der Waals surface area (Å²) < 4.78 is 0. The lowest BCUT2D eigenvalue weighted by atomic mass is 10.1. The van der Waals surface area contributed by atoms with Crippen molar-refractivity contribution in [2.24, 2.45) is 0 Å². The Balaban J connectivity index is 2.41. The monoisotopic (exact) mass is 250 g/mol. The van der Waals surface area contributed by atoms with E-state index in [2.05, 4.69) is 10.6 Å². The molecule has 0 saturated carbocycles. The van der Waals surface area contributed by atoms with Crippen molar-refractivity contribution in [3.8, 4) is 0 Å². The number of benzene rings is 1. The van der Waals surface area contributed by atoms with Crippen LogP contribution in [0.1, 0.15) is 22.8 Å². The predicted molar refractivity (Wildman–Crippen MR) is 68.2 cm³/mol. The summed E-state index contributed by atoms with van der Waals surface area (Å²) in [5.41, 5.74) is 1.59. The van der Waals surface area contributed by atoms with E-state index in [0.717, 1.165) is 5.56 Å². The van der Waals surface area contributed by atoms with E-state index < -0.39 is 0 Å². The molecule has 5 nitrogen and oxygen atoms in total. The molecule has 0 bridgehead atoms. The van der Waals surface area contributed by atoms with E-state index in [4.69, 9.17) is 5.11 Å². The third kappa shape index (κ3) is 4.55. The van der Waals surface area contributed by atoms with Gasteiger partial charge in [-0.2, -0.15) is 0 Å². The molecule has 1 aromatic carbocycles. The highest BCUT2D eigenvalue weighted by molar-refractivity contribution is 5.96. The van der Waals surface area contributed by atoms with Crippen molar-refractivity contribution in [1.82, 2.24) is 10.6 Å². The van der Waals surface area contributed by atoms with Gasteiger partial charge in [-0.25, -0.2) is 0 Å². The molecule has 0 aromatic heterocycles. The number of aliphatic hydroxyl groups excluding tert-OH is 1. The zero-order chi connectivity index (χ0) is 13.5. The molecule has 0 aliphatic rings. The average molecular weight is 250 g/mol. The molecule has 0 aliphatic heterocycles. The van der Waals surface area contributed by atoms with Crippen LogP contribution in [0, 0.1) is 6.92 Å². The first-order valence-electron chi connectivity index (χ1n) is 5.78. The smallest absolute Gasteiger partial charge is 0.251 e. The second-order valence-corrected chi connectivity index (χ2v) is 4.20. The molecule has 5 heteroatoms. The van der Waals surface area contributed by atoms with Crippen LogP contribution in [0.25, 0.3) is 0 Å². The summed E-state index contributed by atoms with van der Waals surface area (Å²) in [6, 6.07) is 6.78. The summed E-state index contributed by atoms with van der Waals surface area (Å²) in [5, 5.41) is 13.8. The second-order valence-electron chi connectivity index (χ2n) is 4.20. The Morgan fingerprint density at radius 2 is 1.89 bits per heavy atom. The number of nitrogens with one attached hydrogen (secondary N) is 2. The molecule has 0 fully saturated rings. The van der Waals surface area contributed by atoms with Gasteiger partial charge in [-0.05, 0) is 26.0 Å². The zero-order valence-electron chi connectivity index (χ0n) is 10.6. The number of hydrogen-bond acceptors (Lipinski definition) is 3. The van der Waals surface area contributed by atoms with Crippen LogP contribution in [-0.2, 0) is 4.79 Å². The maximum absolute atomic E-state index is 11.7. The van der Waals surface area contributed by atoms with Gasteiger partial charge < -0.3 is 15.7 Å². The van der Waals surface area contributed by atoms with Gasteiger partial charge in [0.1, 0.15) is 0 Å². The molecular formula is C13H18N2O3. The van der Waals surface area contributed by atoms with Crippen LogP contribution >= 0.6 is 0 Å². The zero-order valence-corrected chi connectivity index (χ0v) is 10.6. The number of amides is 2. The Hall–Kier alpha value is -1.88. The van der Waals surface area contributed by atoms with Crippen LogP contribution in [0.5, 0.6) is 0 Å². The largest absolute Gasteiger partial charge is 0.394 e. The van der Waals surface area contributed by atoms with Gasteiger partial charge in [0.25, 0.3) is 5.91 Å². The Labute approximate surface area is 106 Å². The van der Waals surface area contributed by atoms with Crippen LogP contribution in [0.4, 0.5) is 0 Å². The molecule has 0 spiro atoms. The fourth-order valence-corrected chi connectivity index (χ4v) is 1.34. The van der Waals surface area contributed by atoms with Crippen molar-refractivity contribution in [2.75, 3.05) is 13.2 Å². The Morgan fingerprint density at radius 1 is 1.28 bits per heavy atom. The summed E-state index contributed by atoms with van der Waals surface area (Å²) in [5.74, 6) is -0.612. The quantitative estimate of drug-likeness (QED) is 0.699. The minimum absolute atomic E-state index is 0.100. The molecule has 18 heavy (non-hydrogen) atoms. The van der Waals surface area contributed by atoms with E-state index in [1.165, 1.54) is 0 Å². The molecule has 1 aromatic rings. The van der Waals surface area contributed by atoms with Crippen LogP contribution < -0.4 is 10.6 Å². The van der Waals surface area contributed by atoms with E-state index in [1.807, 2.05) is 19.1 Å². The number of aliphatic hydroxyl groups is 1. The number of rotatable bonds is 5. The van der Waals surface area contributed by atoms with Gasteiger partial charge in [0.05, 0.1) is 13.2 Å². The van der Waals surface area contributed by atoms with Crippen molar-refractivity contribution < 1.29 is 14.7 Å². The SMILES string of the molecule is Cc1ccc(C(=O)NCC(=O)N[C@H](C)CO)cc1. The molecule has 2 amide bonds. The third-order valence-electron chi connectivity index (χ3n) is 2.40. The van der Waals surface area contributed by atoms with Gasteiger partial charge in [0.15, 0.2) is 0 Å². The first-order chi connectivity index (χ1) is 8.52. The number of carbonyl (C=O) groups excluding carboxylic acids is 2. The van der Waals surface area contributed by atoms with Crippen molar-refractivity contribution in [1.29, 1.82) is 0 Å². The third-order valence-corrected chi connectivity index (χ3v) is 2.40. The summed E-state index contributed by atoms with van der Waals surface area (Å²) in [6.45, 7) is 3.39. The standard InChI is InChI=1S/C13H18N2O3/c1-9-3-5-11(6-4-9)13(18)14-7-12(17)15-10(2)8-16/h3-6,10,16H,7-8H2,1-2H3,(H,14,18)(H,15,17)/t10-/m1/s1. The summed E-state index contributed by atoms with van der Waals surface area (Å²) in [6.07, 6.45) is 0. The van der Waals surface area contributed by atoms with E-state index in [1.54, 1.807) is 19.1 Å². The Bertz CT molecular complexity index is 415. The molecule has 0 radical (unpaired) electrons. The number of carbonyl (C=O) groups is 2. The van der Waals surface area contributed by atoms with Gasteiger partial charge in [0, 0.05) is 11.6 Å². The molecule has 98 valence electrons. The summed E-state index contributed by atoms with van der Waals surface area (Å²) >= 11 is 0. The van der Waals surface area contributed by atoms with Crippen LogP contribution in [-0.4, -0.2) is 36.1 Å². The van der Waals surface area contributed by atoms with Crippen molar-refractivity contribution >= 4 is 11.8 Å². The predicted octanol–water partition coefficient (Wildman–Crippen LogP) is 0.222. The van der Waals surface area contributed by atoms with Crippen molar-refractivity contribution in [3.63, 3.8) is 0 Å². The highest BCUT2D eigenvalue weighted by Crippen LogP contribution is 2.02. The van der Waals surface area contributed by atoms with Gasteiger partial charge in [-0.3, -0.25) is 9.59 Å². The van der Waals surface area contributed by atoms with E-state index in [9.17, 15) is 9.59 Å². The van der Waals surface area contributed by atoms with E-state index in [0.29, 0.717) is 5.56 Å². The molecule has 0 unspecified atom stereocenters. The first-order valence-corrected chi connectivity index (χ1v) is 5.78. The highest BCUT2D eigenvalue weighted by atomic mass is 16.3. The van der Waals surface area contributed by atoms with E-state index in [-0.39, 0.29) is 31.0 Å². The van der Waals surface area contributed by atoms with Crippen LogP contribution in [0.15, 0.2) is 24.3 Å². The molecule has 0 aliphatic carbocycles. The molecule has 3 N–H and O–H groups in total. The molecular weight excluding hydrogens is 232 g/mol. The molecule has 1 atom stereocenters. The average Bonchev–Trinajstić information content (AvgIpc) is 2.36. The fourth-order valence-electron chi connectivity index (χ4n) is 1.34. The molecule has 0 heterocycles. The number of aryl methyl sites for hydroxylation is 1. The van der Waals surface area contributed by atoms with Gasteiger partial charge in [-0.1, -0.05) is 17.7 Å². The first kappa shape index (κ1) is 14.2. The maximum Gasteiger partial charge on any atom is 0.251 e. The van der Waals surface area contributed by atoms with Gasteiger partial charge in [-0.15, -0.1) is 0 Å². The van der Waals surface area contributed by atoms with E-state index >= 15 is 0 Å². The lowest BCUT2D eigenvalue weighted by Gasteiger charge is -2.11. The van der Waals surface area contributed by atoms with Crippen molar-refractivity contribution in [2.45, 2.75) is 19.9 Å². The lowest BCUT2D eigenvalue weighted by molar-refractivity contribution is -0.121. The normalized spacial score (nSPS) is 11.7. The minimum atomic E-state index is -0.322. The van der Waals surface area contributed by atoms with Crippen LogP contribution in [0.2, 0.25) is 0 Å². The minimum Gasteiger partial charge on any atom is -0.394 e. The molecule has 1 rings (SSSR count). The van der Waals surface area contributed by atoms with Gasteiger partial charge in [0.2, 0.25) is 5.91 Å². The maximum atomic E-state index is 11.7. The molecule has 0 saturated heterocycles. The Morgan fingerprint density at radius 3 is 2.44 bits per heavy atom. The summed E-state index contributed by atoms with van der Waals surface area (Å²) in [4.78, 5) is 23.0. The van der Waals surface area contributed by atoms with Crippen LogP contribution in [0.3, 0.4) is 0 Å². The lowest BCUT2D eigenvalue weighted by Crippen LogP contribution is -2.42. The summed E-state index contributed by atoms with van der Waals surface area (Å²) in [7, 11) is 0. The second kappa shape index (κ2) is 6.76. The highest BCUT2D eigenvalue weighted by Gasteiger charge is 2.09. The number of hydrogen-bond donors (Lipinski definition) is 3. The van der Waals surface area contributed by atoms with Crippen molar-refractivity contribution in [3.05, 3.63) is 35.4 Å². The Kier molecular flexibility index (Phi) is 5.32. The van der Waals surface area contributed by atoms with Gasteiger partial charge >= 0.3 is 0 Å². The fraction of sp³-hybridized carbons (Fsp3) is 0.385.